The summed E-state index contributed by atoms with van der Waals surface area (Å²) in [5.74, 6) is 1.87. The van der Waals surface area contributed by atoms with Gasteiger partial charge in [-0.1, -0.05) is 60.1 Å². The smallest absolute Gasteiger partial charge is 0.229 e. The first-order valence-corrected chi connectivity index (χ1v) is 16.0. The van der Waals surface area contributed by atoms with Crippen LogP contribution in [-0.2, 0) is 4.79 Å². The Bertz CT molecular complexity index is 1030. The van der Waals surface area contributed by atoms with E-state index in [0.717, 1.165) is 64.3 Å². The normalized spacial score (nSPS) is 51.2. The third-order valence-electron chi connectivity index (χ3n) is 14.5. The molecule has 2 N–H and O–H groups in total. The number of rotatable bonds is 1. The maximum absolute atomic E-state index is 14.4. The van der Waals surface area contributed by atoms with Crippen molar-refractivity contribution in [3.05, 3.63) is 11.6 Å². The predicted octanol–water partition coefficient (Wildman–Crippen LogP) is 6.74. The number of fused-ring (bicyclic) bond motifs is 7. The zero-order valence-electron chi connectivity index (χ0n) is 25.4. The van der Waals surface area contributed by atoms with Crippen LogP contribution in [0.5, 0.6) is 0 Å². The van der Waals surface area contributed by atoms with Crippen LogP contribution in [0.4, 0.5) is 0 Å². The number of nitrogens with zero attached hydrogens (tertiary/aromatic N) is 1. The first-order chi connectivity index (χ1) is 17.6. The Labute approximate surface area is 232 Å². The minimum atomic E-state index is -0.356. The molecule has 4 nitrogen and oxygen atoms in total. The molecule has 0 spiro atoms. The topological polar surface area (TPSA) is 60.8 Å². The van der Waals surface area contributed by atoms with Gasteiger partial charge in [0, 0.05) is 13.1 Å². The van der Waals surface area contributed by atoms with Gasteiger partial charge in [-0.25, -0.2) is 0 Å². The van der Waals surface area contributed by atoms with Gasteiger partial charge in [0.15, 0.2) is 0 Å². The predicted molar refractivity (Wildman–Crippen MR) is 152 cm³/mol. The molecule has 0 aromatic carbocycles. The number of likely N-dealkylation sites (tertiary alicyclic amines) is 1. The van der Waals surface area contributed by atoms with E-state index in [9.17, 15) is 15.0 Å². The zero-order chi connectivity index (χ0) is 27.5. The SMILES string of the molecule is CC1(C)CC[C@]2(C(=O)N3CC[C@H](O)C3)CC[C@]3(C)C(=CCC4[C@@]5(C)CC[C@H](O)C(C)(C)[C@@H]5CC[C@]43C)[C@@H]2C1. The summed E-state index contributed by atoms with van der Waals surface area (Å²) >= 11 is 0. The molecule has 0 bridgehead atoms. The molecule has 1 heterocycles. The van der Waals surface area contributed by atoms with Crippen LogP contribution in [0.1, 0.15) is 119 Å². The average molecular weight is 526 g/mol. The van der Waals surface area contributed by atoms with Crippen LogP contribution < -0.4 is 0 Å². The van der Waals surface area contributed by atoms with E-state index in [1.165, 1.54) is 12.8 Å². The lowest BCUT2D eigenvalue weighted by Gasteiger charge is -2.71. The number of aliphatic hydroxyl groups excluding tert-OH is 2. The van der Waals surface area contributed by atoms with Crippen LogP contribution in [0, 0.1) is 50.2 Å². The van der Waals surface area contributed by atoms with Gasteiger partial charge in [0.1, 0.15) is 0 Å². The Morgan fingerprint density at radius 1 is 0.868 bits per heavy atom. The molecular formula is C34H55NO3. The Morgan fingerprint density at radius 3 is 2.26 bits per heavy atom. The first-order valence-electron chi connectivity index (χ1n) is 16.0. The number of allylic oxidation sites excluding steroid dienone is 2. The van der Waals surface area contributed by atoms with Gasteiger partial charge in [-0.15, -0.1) is 0 Å². The molecule has 0 aromatic heterocycles. The van der Waals surface area contributed by atoms with Crippen molar-refractivity contribution in [1.29, 1.82) is 0 Å². The highest BCUT2D eigenvalue weighted by atomic mass is 16.3. The minimum Gasteiger partial charge on any atom is -0.393 e. The Balaban J connectivity index is 1.41. The summed E-state index contributed by atoms with van der Waals surface area (Å²) in [6.07, 6.45) is 13.8. The summed E-state index contributed by atoms with van der Waals surface area (Å²) in [6.45, 7) is 18.5. The first kappa shape index (κ1) is 27.3. The van der Waals surface area contributed by atoms with E-state index in [2.05, 4.69) is 54.5 Å². The summed E-state index contributed by atoms with van der Waals surface area (Å²) < 4.78 is 0. The fourth-order valence-corrected chi connectivity index (χ4v) is 11.9. The van der Waals surface area contributed by atoms with Gasteiger partial charge in [-0.2, -0.15) is 0 Å². The van der Waals surface area contributed by atoms with Crippen molar-refractivity contribution in [2.75, 3.05) is 13.1 Å². The van der Waals surface area contributed by atoms with Crippen molar-refractivity contribution in [1.82, 2.24) is 4.90 Å². The largest absolute Gasteiger partial charge is 0.393 e. The maximum atomic E-state index is 14.4. The van der Waals surface area contributed by atoms with Crippen molar-refractivity contribution in [2.45, 2.75) is 131 Å². The molecule has 5 fully saturated rings. The fraction of sp³-hybridized carbons (Fsp3) is 0.912. The molecular weight excluding hydrogens is 470 g/mol. The molecule has 5 aliphatic carbocycles. The van der Waals surface area contributed by atoms with Crippen molar-refractivity contribution in [3.8, 4) is 0 Å². The van der Waals surface area contributed by atoms with Crippen LogP contribution in [0.25, 0.3) is 0 Å². The van der Waals surface area contributed by atoms with Crippen LogP contribution in [0.15, 0.2) is 11.6 Å². The summed E-state index contributed by atoms with van der Waals surface area (Å²) in [5, 5.41) is 21.3. The summed E-state index contributed by atoms with van der Waals surface area (Å²) in [4.78, 5) is 16.4. The highest BCUT2D eigenvalue weighted by Gasteiger charge is 2.69. The molecule has 6 aliphatic rings. The molecule has 0 radical (unpaired) electrons. The monoisotopic (exact) mass is 525 g/mol. The number of β-amino-alcohol motifs (C(OH)–C–C–N with tert-alkyl or cyclic N) is 1. The molecule has 1 aliphatic heterocycles. The highest BCUT2D eigenvalue weighted by molar-refractivity contribution is 5.84. The molecule has 6 rings (SSSR count). The van der Waals surface area contributed by atoms with Crippen LogP contribution in [0.2, 0.25) is 0 Å². The Morgan fingerprint density at radius 2 is 1.58 bits per heavy atom. The summed E-state index contributed by atoms with van der Waals surface area (Å²) in [7, 11) is 0. The van der Waals surface area contributed by atoms with Gasteiger partial charge in [-0.3, -0.25) is 4.79 Å². The van der Waals surface area contributed by atoms with Gasteiger partial charge in [-0.05, 0) is 115 Å². The molecule has 214 valence electrons. The number of aliphatic hydroxyl groups is 2. The van der Waals surface area contributed by atoms with E-state index in [4.69, 9.17) is 0 Å². The van der Waals surface area contributed by atoms with Crippen LogP contribution >= 0.6 is 0 Å². The molecule has 4 saturated carbocycles. The van der Waals surface area contributed by atoms with E-state index in [-0.39, 0.29) is 44.7 Å². The average Bonchev–Trinajstić information content (AvgIpc) is 3.27. The lowest BCUT2D eigenvalue weighted by molar-refractivity contribution is -0.204. The molecule has 38 heavy (non-hydrogen) atoms. The van der Waals surface area contributed by atoms with Gasteiger partial charge in [0.05, 0.1) is 17.6 Å². The number of hydrogen-bond donors (Lipinski definition) is 2. The summed E-state index contributed by atoms with van der Waals surface area (Å²) in [5.41, 5.74) is 2.16. The second-order valence-electron chi connectivity index (χ2n) is 16.9. The van der Waals surface area contributed by atoms with Gasteiger partial charge in [0.2, 0.25) is 5.91 Å². The van der Waals surface area contributed by atoms with Gasteiger partial charge < -0.3 is 15.1 Å². The maximum Gasteiger partial charge on any atom is 0.229 e. The number of amides is 1. The van der Waals surface area contributed by atoms with Crippen molar-refractivity contribution >= 4 is 5.91 Å². The van der Waals surface area contributed by atoms with Crippen molar-refractivity contribution in [3.63, 3.8) is 0 Å². The number of carbonyl (C=O) groups is 1. The van der Waals surface area contributed by atoms with E-state index >= 15 is 0 Å². The third kappa shape index (κ3) is 3.44. The van der Waals surface area contributed by atoms with Crippen LogP contribution in [0.3, 0.4) is 0 Å². The molecule has 1 unspecified atom stereocenters. The van der Waals surface area contributed by atoms with E-state index in [0.29, 0.717) is 30.2 Å². The summed E-state index contributed by atoms with van der Waals surface area (Å²) in [6, 6.07) is 0. The lowest BCUT2D eigenvalue weighted by Crippen LogP contribution is -2.65. The second-order valence-corrected chi connectivity index (χ2v) is 16.9. The molecule has 4 heteroatoms. The highest BCUT2D eigenvalue weighted by Crippen LogP contribution is 2.75. The van der Waals surface area contributed by atoms with Gasteiger partial charge in [0.25, 0.3) is 0 Å². The Kier molecular flexibility index (Phi) is 5.99. The van der Waals surface area contributed by atoms with Gasteiger partial charge >= 0.3 is 0 Å². The molecule has 9 atom stereocenters. The second kappa shape index (κ2) is 8.34. The fourth-order valence-electron chi connectivity index (χ4n) is 11.9. The van der Waals surface area contributed by atoms with E-state index in [1.807, 2.05) is 4.90 Å². The van der Waals surface area contributed by atoms with E-state index in [1.54, 1.807) is 5.57 Å². The van der Waals surface area contributed by atoms with E-state index < -0.39 is 0 Å². The molecule has 0 aromatic rings. The standard InChI is InChI=1S/C34H55NO3/c1-29(2)15-17-34(28(38)35-19-12-22(36)21-35)18-16-32(6)23(24(34)20-29)8-9-26-31(5)13-11-27(37)30(3,4)25(31)10-14-33(26,32)7/h8,22,24-27,36-37H,9-21H2,1-7H3/t22-,24-,25-,26?,27-,31-,32+,33+,34-/m0/s1. The number of carbonyl (C=O) groups excluding carboxylic acids is 1. The third-order valence-corrected chi connectivity index (χ3v) is 14.5. The quantitative estimate of drug-likeness (QED) is 0.373. The van der Waals surface area contributed by atoms with Crippen molar-refractivity contribution < 1.29 is 15.0 Å². The Hall–Kier alpha value is -0.870. The van der Waals surface area contributed by atoms with Crippen LogP contribution in [-0.4, -0.2) is 46.3 Å². The minimum absolute atomic E-state index is 0.0267. The number of hydrogen-bond acceptors (Lipinski definition) is 3. The molecule has 1 amide bonds. The molecule has 1 saturated heterocycles. The zero-order valence-corrected chi connectivity index (χ0v) is 25.4. The lowest BCUT2D eigenvalue weighted by atomic mass is 9.33. The van der Waals surface area contributed by atoms with Crippen molar-refractivity contribution in [2.24, 2.45) is 50.2 Å².